The number of rotatable bonds is 6. The normalized spacial score (nSPS) is 10.9. The van der Waals surface area contributed by atoms with Crippen molar-refractivity contribution in [1.82, 2.24) is 14.7 Å². The summed E-state index contributed by atoms with van der Waals surface area (Å²) in [6.45, 7) is 2.72. The fourth-order valence-electron chi connectivity index (χ4n) is 2.71. The van der Waals surface area contributed by atoms with E-state index >= 15 is 0 Å². The zero-order valence-corrected chi connectivity index (χ0v) is 13.6. The molecule has 5 heteroatoms. The highest BCUT2D eigenvalue weighted by Gasteiger charge is 2.15. The molecule has 1 aromatic carbocycles. The lowest BCUT2D eigenvalue weighted by molar-refractivity contribution is -0.121. The van der Waals surface area contributed by atoms with E-state index < -0.39 is 0 Å². The van der Waals surface area contributed by atoms with Crippen LogP contribution in [0.25, 0.3) is 16.9 Å². The topological polar surface area (TPSA) is 46.4 Å². The fourth-order valence-corrected chi connectivity index (χ4v) is 2.71. The highest BCUT2D eigenvalue weighted by molar-refractivity contribution is 5.76. The predicted octanol–water partition coefficient (Wildman–Crippen LogP) is 3.60. The zero-order chi connectivity index (χ0) is 16.9. The number of fused-ring (bicyclic) bond motifs is 1. The Kier molecular flexibility index (Phi) is 4.89. The van der Waals surface area contributed by atoms with Gasteiger partial charge in [-0.05, 0) is 49.2 Å². The fraction of sp³-hybridized carbons (Fsp3) is 0.263. The number of aryl methyl sites for hydroxylation is 1. The average molecular weight is 325 g/mol. The van der Waals surface area contributed by atoms with Gasteiger partial charge in [-0.1, -0.05) is 13.0 Å². The molecule has 24 heavy (non-hydrogen) atoms. The summed E-state index contributed by atoms with van der Waals surface area (Å²) in [6, 6.07) is 12.1. The van der Waals surface area contributed by atoms with Gasteiger partial charge < -0.3 is 9.72 Å². The summed E-state index contributed by atoms with van der Waals surface area (Å²) in [4.78, 5) is 16.6. The molecule has 1 amide bonds. The van der Waals surface area contributed by atoms with Crippen LogP contribution in [0.4, 0.5) is 4.39 Å². The molecule has 124 valence electrons. The van der Waals surface area contributed by atoms with E-state index in [4.69, 9.17) is 0 Å². The second-order valence-electron chi connectivity index (χ2n) is 5.69. The van der Waals surface area contributed by atoms with Gasteiger partial charge in [-0.25, -0.2) is 9.37 Å². The van der Waals surface area contributed by atoms with Gasteiger partial charge in [0.15, 0.2) is 0 Å². The molecule has 0 bridgehead atoms. The molecule has 0 saturated carbocycles. The van der Waals surface area contributed by atoms with Crippen molar-refractivity contribution < 1.29 is 9.18 Å². The van der Waals surface area contributed by atoms with E-state index in [2.05, 4.69) is 10.3 Å². The molecule has 0 saturated heterocycles. The molecule has 0 atom stereocenters. The van der Waals surface area contributed by atoms with Gasteiger partial charge in [-0.2, -0.15) is 0 Å². The third-order valence-corrected chi connectivity index (χ3v) is 3.91. The van der Waals surface area contributed by atoms with E-state index in [1.807, 2.05) is 35.7 Å². The lowest BCUT2D eigenvalue weighted by Gasteiger charge is -2.06. The van der Waals surface area contributed by atoms with Crippen LogP contribution in [0.15, 0.2) is 48.7 Å². The molecular weight excluding hydrogens is 305 g/mol. The number of hydrogen-bond donors (Lipinski definition) is 1. The summed E-state index contributed by atoms with van der Waals surface area (Å²) in [6.07, 6.45) is 3.83. The van der Waals surface area contributed by atoms with Gasteiger partial charge in [-0.3, -0.25) is 4.79 Å². The van der Waals surface area contributed by atoms with Crippen molar-refractivity contribution in [3.8, 4) is 11.3 Å². The molecule has 2 heterocycles. The van der Waals surface area contributed by atoms with Crippen molar-refractivity contribution in [2.24, 2.45) is 0 Å². The molecule has 0 fully saturated rings. The molecular formula is C19H20FN3O. The Morgan fingerprint density at radius 1 is 1.21 bits per heavy atom. The summed E-state index contributed by atoms with van der Waals surface area (Å²) in [7, 11) is 0. The standard InChI is InChI=1S/C19H20FN3O/c1-2-12-21-18(24)11-10-16-19(14-6-8-15(20)9-7-14)22-17-5-3-4-13-23(16)17/h3-9,13H,2,10-12H2,1H3,(H,21,24). The van der Waals surface area contributed by atoms with E-state index in [0.29, 0.717) is 19.4 Å². The number of benzene rings is 1. The van der Waals surface area contributed by atoms with E-state index in [1.165, 1.54) is 12.1 Å². The first-order valence-corrected chi connectivity index (χ1v) is 8.17. The van der Waals surface area contributed by atoms with E-state index in [0.717, 1.165) is 29.0 Å². The van der Waals surface area contributed by atoms with Gasteiger partial charge >= 0.3 is 0 Å². The molecule has 0 aliphatic rings. The second kappa shape index (κ2) is 7.25. The Morgan fingerprint density at radius 2 is 2.00 bits per heavy atom. The number of nitrogens with zero attached hydrogens (tertiary/aromatic N) is 2. The first kappa shape index (κ1) is 16.2. The Hall–Kier alpha value is -2.69. The summed E-state index contributed by atoms with van der Waals surface area (Å²) in [5.41, 5.74) is 3.43. The van der Waals surface area contributed by atoms with Crippen LogP contribution in [0.1, 0.15) is 25.5 Å². The van der Waals surface area contributed by atoms with Crippen molar-refractivity contribution in [2.45, 2.75) is 26.2 Å². The van der Waals surface area contributed by atoms with E-state index in [-0.39, 0.29) is 11.7 Å². The number of carbonyl (C=O) groups excluding carboxylic acids is 1. The average Bonchev–Trinajstić information content (AvgIpc) is 2.97. The summed E-state index contributed by atoms with van der Waals surface area (Å²) >= 11 is 0. The van der Waals surface area contributed by atoms with Crippen molar-refractivity contribution in [2.75, 3.05) is 6.54 Å². The maximum absolute atomic E-state index is 13.2. The highest BCUT2D eigenvalue weighted by atomic mass is 19.1. The quantitative estimate of drug-likeness (QED) is 0.753. The maximum Gasteiger partial charge on any atom is 0.220 e. The molecule has 0 aliphatic carbocycles. The number of imidazole rings is 1. The van der Waals surface area contributed by atoms with Gasteiger partial charge in [0.1, 0.15) is 11.5 Å². The lowest BCUT2D eigenvalue weighted by Crippen LogP contribution is -2.24. The predicted molar refractivity (Wildman–Crippen MR) is 92.2 cm³/mol. The van der Waals surface area contributed by atoms with Gasteiger partial charge in [0, 0.05) is 24.7 Å². The monoisotopic (exact) mass is 325 g/mol. The Labute approximate surface area is 140 Å². The largest absolute Gasteiger partial charge is 0.356 e. The van der Waals surface area contributed by atoms with Crippen LogP contribution < -0.4 is 5.32 Å². The van der Waals surface area contributed by atoms with Gasteiger partial charge in [0.25, 0.3) is 0 Å². The van der Waals surface area contributed by atoms with Crippen molar-refractivity contribution in [3.63, 3.8) is 0 Å². The number of aromatic nitrogens is 2. The van der Waals surface area contributed by atoms with Crippen molar-refractivity contribution in [3.05, 3.63) is 60.2 Å². The van der Waals surface area contributed by atoms with Crippen LogP contribution in [-0.4, -0.2) is 21.8 Å². The molecule has 0 unspecified atom stereocenters. The van der Waals surface area contributed by atoms with Crippen molar-refractivity contribution in [1.29, 1.82) is 0 Å². The van der Waals surface area contributed by atoms with Crippen LogP contribution >= 0.6 is 0 Å². The van der Waals surface area contributed by atoms with Gasteiger partial charge in [0.2, 0.25) is 5.91 Å². The molecule has 3 aromatic rings. The molecule has 3 rings (SSSR count). The smallest absolute Gasteiger partial charge is 0.220 e. The van der Waals surface area contributed by atoms with Crippen LogP contribution in [0.2, 0.25) is 0 Å². The summed E-state index contributed by atoms with van der Waals surface area (Å²) in [5.74, 6) is -0.240. The van der Waals surface area contributed by atoms with Crippen molar-refractivity contribution >= 4 is 11.6 Å². The number of carbonyl (C=O) groups is 1. The Bertz CT molecular complexity index is 839. The summed E-state index contributed by atoms with van der Waals surface area (Å²) < 4.78 is 15.2. The molecule has 2 aromatic heterocycles. The third kappa shape index (κ3) is 3.45. The third-order valence-electron chi connectivity index (χ3n) is 3.91. The lowest BCUT2D eigenvalue weighted by atomic mass is 10.1. The molecule has 0 radical (unpaired) electrons. The van der Waals surface area contributed by atoms with Crippen LogP contribution in [-0.2, 0) is 11.2 Å². The number of hydrogen-bond acceptors (Lipinski definition) is 2. The van der Waals surface area contributed by atoms with Gasteiger partial charge in [0.05, 0.1) is 11.4 Å². The number of pyridine rings is 1. The zero-order valence-electron chi connectivity index (χ0n) is 13.6. The Morgan fingerprint density at radius 3 is 2.75 bits per heavy atom. The van der Waals surface area contributed by atoms with E-state index in [9.17, 15) is 9.18 Å². The Balaban J connectivity index is 1.93. The first-order valence-electron chi connectivity index (χ1n) is 8.17. The molecule has 4 nitrogen and oxygen atoms in total. The maximum atomic E-state index is 13.2. The SMILES string of the molecule is CCCNC(=O)CCc1c(-c2ccc(F)cc2)nc2ccccn12. The summed E-state index contributed by atoms with van der Waals surface area (Å²) in [5, 5.41) is 2.89. The van der Waals surface area contributed by atoms with Crippen LogP contribution in [0.3, 0.4) is 0 Å². The van der Waals surface area contributed by atoms with E-state index in [1.54, 1.807) is 12.1 Å². The second-order valence-corrected chi connectivity index (χ2v) is 5.69. The van der Waals surface area contributed by atoms with Gasteiger partial charge in [-0.15, -0.1) is 0 Å². The minimum absolute atomic E-state index is 0.0350. The minimum Gasteiger partial charge on any atom is -0.356 e. The first-order chi connectivity index (χ1) is 11.7. The van der Waals surface area contributed by atoms with Crippen LogP contribution in [0, 0.1) is 5.82 Å². The molecule has 0 aliphatic heterocycles. The highest BCUT2D eigenvalue weighted by Crippen LogP contribution is 2.25. The number of nitrogens with one attached hydrogen (secondary N) is 1. The minimum atomic E-state index is -0.275. The number of amides is 1. The number of halogens is 1. The molecule has 1 N–H and O–H groups in total. The van der Waals surface area contributed by atoms with Crippen LogP contribution in [0.5, 0.6) is 0 Å². The molecule has 0 spiro atoms.